The van der Waals surface area contributed by atoms with E-state index in [4.69, 9.17) is 16.6 Å². The number of hydrogen-bond acceptors (Lipinski definition) is 6. The standard InChI is InChI=1S/C23H27ClN6O3/c1-29(2)22-25-12-17(14-5-7-16(24)8-6-14)20(28-22)15-4-3-11-30(13-15)21(32)18-9-10-19(31)27-23(33)26-18/h5-8,12,15,18H,3-4,9-11,13H2,1-2H3,(H2,26,27,31,33)/t15-,18-/m1/s1. The van der Waals surface area contributed by atoms with Gasteiger partial charge in [-0.15, -0.1) is 0 Å². The molecular formula is C23H27ClN6O3. The maximum absolute atomic E-state index is 13.2. The molecule has 2 saturated heterocycles. The molecule has 4 amide bonds. The number of aromatic nitrogens is 2. The third kappa shape index (κ3) is 5.24. The molecule has 0 bridgehead atoms. The summed E-state index contributed by atoms with van der Waals surface area (Å²) in [6.07, 6.45) is 3.93. The van der Waals surface area contributed by atoms with Gasteiger partial charge in [-0.3, -0.25) is 14.9 Å². The van der Waals surface area contributed by atoms with E-state index in [0.717, 1.165) is 29.7 Å². The van der Waals surface area contributed by atoms with E-state index in [1.165, 1.54) is 0 Å². The van der Waals surface area contributed by atoms with Crippen LogP contribution in [-0.4, -0.2) is 65.9 Å². The summed E-state index contributed by atoms with van der Waals surface area (Å²) in [6, 6.07) is 6.21. The van der Waals surface area contributed by atoms with E-state index in [-0.39, 0.29) is 30.6 Å². The quantitative estimate of drug-likeness (QED) is 0.711. The number of urea groups is 1. The number of hydrogen-bond donors (Lipinski definition) is 2. The lowest BCUT2D eigenvalue weighted by molar-refractivity contribution is -0.134. The van der Waals surface area contributed by atoms with Crippen molar-refractivity contribution in [3.8, 4) is 11.1 Å². The average Bonchev–Trinajstić information content (AvgIpc) is 2.98. The summed E-state index contributed by atoms with van der Waals surface area (Å²) in [7, 11) is 3.78. The number of rotatable bonds is 4. The van der Waals surface area contributed by atoms with Gasteiger partial charge in [0.25, 0.3) is 0 Å². The normalized spacial score (nSPS) is 21.1. The molecule has 9 nitrogen and oxygen atoms in total. The first-order chi connectivity index (χ1) is 15.8. The Bertz CT molecular complexity index is 1060. The van der Waals surface area contributed by atoms with Crippen molar-refractivity contribution in [3.05, 3.63) is 41.2 Å². The maximum Gasteiger partial charge on any atom is 0.322 e. The number of amides is 4. The van der Waals surface area contributed by atoms with Gasteiger partial charge >= 0.3 is 6.03 Å². The van der Waals surface area contributed by atoms with E-state index in [2.05, 4.69) is 15.6 Å². The minimum Gasteiger partial charge on any atom is -0.347 e. The fraction of sp³-hybridized carbons (Fsp3) is 0.435. The molecule has 2 aliphatic heterocycles. The smallest absolute Gasteiger partial charge is 0.322 e. The Labute approximate surface area is 197 Å². The number of piperidine rings is 1. The maximum atomic E-state index is 13.2. The highest BCUT2D eigenvalue weighted by Gasteiger charge is 2.34. The minimum atomic E-state index is -0.714. The van der Waals surface area contributed by atoms with E-state index in [1.807, 2.05) is 49.5 Å². The van der Waals surface area contributed by atoms with Crippen LogP contribution in [0.4, 0.5) is 10.7 Å². The molecule has 2 aromatic rings. The Morgan fingerprint density at radius 1 is 1.18 bits per heavy atom. The number of anilines is 1. The van der Waals surface area contributed by atoms with Crippen molar-refractivity contribution in [2.75, 3.05) is 32.1 Å². The Morgan fingerprint density at radius 2 is 1.94 bits per heavy atom. The number of imide groups is 1. The summed E-state index contributed by atoms with van der Waals surface area (Å²) < 4.78 is 0. The molecule has 3 heterocycles. The fourth-order valence-corrected chi connectivity index (χ4v) is 4.43. The molecule has 0 aliphatic carbocycles. The third-order valence-corrected chi connectivity index (χ3v) is 6.25. The first-order valence-corrected chi connectivity index (χ1v) is 11.4. The first kappa shape index (κ1) is 23.0. The average molecular weight is 471 g/mol. The zero-order valence-corrected chi connectivity index (χ0v) is 19.4. The molecule has 10 heteroatoms. The van der Waals surface area contributed by atoms with Gasteiger partial charge in [-0.2, -0.15) is 0 Å². The van der Waals surface area contributed by atoms with Crippen LogP contribution in [0.3, 0.4) is 0 Å². The molecule has 1 aromatic carbocycles. The lowest BCUT2D eigenvalue weighted by Gasteiger charge is -2.35. The zero-order chi connectivity index (χ0) is 23.5. The zero-order valence-electron chi connectivity index (χ0n) is 18.7. The van der Waals surface area contributed by atoms with Crippen molar-refractivity contribution in [1.82, 2.24) is 25.5 Å². The van der Waals surface area contributed by atoms with E-state index < -0.39 is 12.1 Å². The molecule has 4 rings (SSSR count). The molecule has 2 aliphatic rings. The van der Waals surface area contributed by atoms with Crippen LogP contribution >= 0.6 is 11.6 Å². The highest BCUT2D eigenvalue weighted by Crippen LogP contribution is 2.34. The number of carbonyl (C=O) groups is 3. The molecule has 1 aromatic heterocycles. The molecule has 0 saturated carbocycles. The van der Waals surface area contributed by atoms with Gasteiger partial charge in [-0.05, 0) is 37.0 Å². The first-order valence-electron chi connectivity index (χ1n) is 11.0. The van der Waals surface area contributed by atoms with Crippen molar-refractivity contribution in [2.45, 2.75) is 37.6 Å². The molecule has 0 spiro atoms. The molecule has 2 fully saturated rings. The van der Waals surface area contributed by atoms with Crippen LogP contribution in [0, 0.1) is 0 Å². The van der Waals surface area contributed by atoms with Gasteiger partial charge in [0.2, 0.25) is 17.8 Å². The lowest BCUT2D eigenvalue weighted by Crippen LogP contribution is -2.51. The molecule has 2 atom stereocenters. The number of benzene rings is 1. The number of nitrogens with zero attached hydrogens (tertiary/aromatic N) is 4. The van der Waals surface area contributed by atoms with Crippen molar-refractivity contribution in [3.63, 3.8) is 0 Å². The summed E-state index contributed by atoms with van der Waals surface area (Å²) >= 11 is 6.08. The summed E-state index contributed by atoms with van der Waals surface area (Å²) in [6.45, 7) is 1.09. The lowest BCUT2D eigenvalue weighted by atomic mass is 9.89. The number of halogens is 1. The van der Waals surface area contributed by atoms with E-state index in [9.17, 15) is 14.4 Å². The van der Waals surface area contributed by atoms with Crippen molar-refractivity contribution in [1.29, 1.82) is 0 Å². The van der Waals surface area contributed by atoms with Crippen LogP contribution < -0.4 is 15.5 Å². The van der Waals surface area contributed by atoms with E-state index in [1.54, 1.807) is 4.90 Å². The molecule has 0 radical (unpaired) electrons. The third-order valence-electron chi connectivity index (χ3n) is 6.00. The molecule has 174 valence electrons. The topological polar surface area (TPSA) is 108 Å². The predicted octanol–water partition coefficient (Wildman–Crippen LogP) is 2.56. The second-order valence-corrected chi connectivity index (χ2v) is 9.04. The van der Waals surface area contributed by atoms with Gasteiger partial charge in [0, 0.05) is 56.3 Å². The molecule has 33 heavy (non-hydrogen) atoms. The van der Waals surface area contributed by atoms with Crippen molar-refractivity contribution >= 4 is 35.4 Å². The second-order valence-electron chi connectivity index (χ2n) is 8.61. The van der Waals surface area contributed by atoms with Crippen LogP contribution in [0.2, 0.25) is 5.02 Å². The van der Waals surface area contributed by atoms with Crippen molar-refractivity contribution in [2.24, 2.45) is 0 Å². The monoisotopic (exact) mass is 470 g/mol. The van der Waals surface area contributed by atoms with Crippen LogP contribution in [0.25, 0.3) is 11.1 Å². The number of carbonyl (C=O) groups excluding carboxylic acids is 3. The van der Waals surface area contributed by atoms with Gasteiger partial charge < -0.3 is 15.1 Å². The SMILES string of the molecule is CN(C)c1ncc(-c2ccc(Cl)cc2)c([C@@H]2CCCN(C(=O)[C@H]3CCC(=O)NC(=O)N3)C2)n1. The van der Waals surface area contributed by atoms with Crippen LogP contribution in [0.15, 0.2) is 30.5 Å². The van der Waals surface area contributed by atoms with Gasteiger partial charge in [0.15, 0.2) is 0 Å². The van der Waals surface area contributed by atoms with Crippen LogP contribution in [0.1, 0.15) is 37.3 Å². The Kier molecular flexibility index (Phi) is 6.78. The fourth-order valence-electron chi connectivity index (χ4n) is 4.30. The molecule has 2 N–H and O–H groups in total. The molecule has 0 unspecified atom stereocenters. The van der Waals surface area contributed by atoms with Crippen molar-refractivity contribution < 1.29 is 14.4 Å². The van der Waals surface area contributed by atoms with Crippen LogP contribution in [0.5, 0.6) is 0 Å². The van der Waals surface area contributed by atoms with Gasteiger partial charge in [0.1, 0.15) is 6.04 Å². The molecular weight excluding hydrogens is 444 g/mol. The largest absolute Gasteiger partial charge is 0.347 e. The summed E-state index contributed by atoms with van der Waals surface area (Å²) in [5.41, 5.74) is 2.76. The summed E-state index contributed by atoms with van der Waals surface area (Å²) in [5.74, 6) is 0.0757. The van der Waals surface area contributed by atoms with Gasteiger partial charge in [-0.25, -0.2) is 14.8 Å². The minimum absolute atomic E-state index is 0.0105. The summed E-state index contributed by atoms with van der Waals surface area (Å²) in [4.78, 5) is 49.7. The van der Waals surface area contributed by atoms with Crippen LogP contribution in [-0.2, 0) is 9.59 Å². The van der Waals surface area contributed by atoms with Gasteiger partial charge in [0.05, 0.1) is 5.69 Å². The van der Waals surface area contributed by atoms with E-state index >= 15 is 0 Å². The van der Waals surface area contributed by atoms with Gasteiger partial charge in [-0.1, -0.05) is 23.7 Å². The number of nitrogens with one attached hydrogen (secondary N) is 2. The highest BCUT2D eigenvalue weighted by molar-refractivity contribution is 6.30. The predicted molar refractivity (Wildman–Crippen MR) is 125 cm³/mol. The Morgan fingerprint density at radius 3 is 2.67 bits per heavy atom. The van der Waals surface area contributed by atoms with E-state index in [0.29, 0.717) is 24.1 Å². The Balaban J connectivity index is 1.61. The Hall–Kier alpha value is -3.20. The summed E-state index contributed by atoms with van der Waals surface area (Å²) in [5, 5.41) is 5.49. The second kappa shape index (κ2) is 9.74. The number of likely N-dealkylation sites (tertiary alicyclic amines) is 1. The highest BCUT2D eigenvalue weighted by atomic mass is 35.5.